The van der Waals surface area contributed by atoms with Crippen LogP contribution in [-0.2, 0) is 13.0 Å². The molecule has 8 rings (SSSR count). The summed E-state index contributed by atoms with van der Waals surface area (Å²) in [5.74, 6) is 1.92. The number of fused-ring (bicyclic) bond motifs is 4. The Morgan fingerprint density at radius 3 is 2.58 bits per heavy atom. The van der Waals surface area contributed by atoms with Crippen molar-refractivity contribution in [2.75, 3.05) is 0 Å². The van der Waals surface area contributed by atoms with E-state index in [1.165, 1.54) is 24.0 Å². The molecule has 1 fully saturated rings. The third kappa shape index (κ3) is 3.45. The van der Waals surface area contributed by atoms with Crippen LogP contribution in [0.2, 0.25) is 0 Å². The molecule has 7 heteroatoms. The maximum absolute atomic E-state index is 6.49. The molecule has 0 atom stereocenters. The number of hydrogen-bond donors (Lipinski definition) is 1. The largest absolute Gasteiger partial charge is 0.334 e. The summed E-state index contributed by atoms with van der Waals surface area (Å²) in [4.78, 5) is 10.1. The first kappa shape index (κ1) is 21.9. The molecule has 1 aliphatic heterocycles. The summed E-state index contributed by atoms with van der Waals surface area (Å²) in [6.07, 6.45) is 16.2. The average molecular weight is 500 g/mol. The van der Waals surface area contributed by atoms with E-state index in [9.17, 15) is 0 Å². The lowest BCUT2D eigenvalue weighted by Crippen LogP contribution is -2.25. The Balaban J connectivity index is 1.29. The van der Waals surface area contributed by atoms with Crippen molar-refractivity contribution in [3.8, 4) is 22.6 Å². The summed E-state index contributed by atoms with van der Waals surface area (Å²) in [5, 5.41) is 10.2. The van der Waals surface area contributed by atoms with Gasteiger partial charge < -0.3 is 10.3 Å². The van der Waals surface area contributed by atoms with Gasteiger partial charge in [0.15, 0.2) is 11.5 Å². The van der Waals surface area contributed by atoms with Gasteiger partial charge in [-0.3, -0.25) is 4.40 Å². The third-order valence-electron chi connectivity index (χ3n) is 8.47. The number of imidazole rings is 1. The highest BCUT2D eigenvalue weighted by Gasteiger charge is 2.41. The molecule has 4 aromatic heterocycles. The molecule has 2 aliphatic carbocycles. The highest BCUT2D eigenvalue weighted by molar-refractivity contribution is 5.97. The van der Waals surface area contributed by atoms with Crippen LogP contribution in [0.25, 0.3) is 44.8 Å². The van der Waals surface area contributed by atoms with Crippen molar-refractivity contribution in [3.05, 3.63) is 84.1 Å². The van der Waals surface area contributed by atoms with Gasteiger partial charge in [0.05, 0.1) is 11.2 Å². The molecular formula is C31H29N7. The van der Waals surface area contributed by atoms with Gasteiger partial charge in [-0.05, 0) is 61.8 Å². The van der Waals surface area contributed by atoms with Gasteiger partial charge in [-0.1, -0.05) is 48.1 Å². The molecular weight excluding hydrogens is 470 g/mol. The van der Waals surface area contributed by atoms with E-state index in [0.29, 0.717) is 0 Å². The number of pyridine rings is 2. The number of rotatable bonds is 4. The Bertz CT molecular complexity index is 1760. The molecule has 5 aromatic rings. The lowest BCUT2D eigenvalue weighted by molar-refractivity contribution is 0.522. The van der Waals surface area contributed by atoms with Gasteiger partial charge >= 0.3 is 0 Å². The van der Waals surface area contributed by atoms with Crippen molar-refractivity contribution in [3.63, 3.8) is 0 Å². The third-order valence-corrected chi connectivity index (χ3v) is 8.47. The molecule has 0 spiro atoms. The van der Waals surface area contributed by atoms with Crippen molar-refractivity contribution >= 4 is 22.1 Å². The zero-order valence-electron chi connectivity index (χ0n) is 21.3. The molecule has 1 saturated carbocycles. The summed E-state index contributed by atoms with van der Waals surface area (Å²) in [5.41, 5.74) is 15.0. The molecule has 0 radical (unpaired) electrons. The number of aromatic nitrogens is 6. The lowest BCUT2D eigenvalue weighted by Gasteiger charge is -2.21. The zero-order chi connectivity index (χ0) is 25.3. The van der Waals surface area contributed by atoms with E-state index in [-0.39, 0.29) is 5.54 Å². The fraction of sp³-hybridized carbons (Fsp3) is 0.290. The van der Waals surface area contributed by atoms with Crippen LogP contribution in [0.4, 0.5) is 0 Å². The van der Waals surface area contributed by atoms with Gasteiger partial charge in [-0.25, -0.2) is 9.97 Å². The van der Waals surface area contributed by atoms with E-state index in [2.05, 4.69) is 80.0 Å². The summed E-state index contributed by atoms with van der Waals surface area (Å²) in [6, 6.07) is 14.8. The number of nitrogens with two attached hydrogens (primary N) is 1. The molecule has 5 heterocycles. The number of hydrogen-bond acceptors (Lipinski definition) is 5. The SMILES string of the molecule is NC1(C2=CC=C(c3nc4ccn5c(-c6cn7c(n6)CCCC7)nnc5c4cc3-c3ccccc3)CC2)CC1. The number of benzene rings is 1. The summed E-state index contributed by atoms with van der Waals surface area (Å²) in [6.45, 7) is 1.02. The second kappa shape index (κ2) is 8.20. The smallest absolute Gasteiger partial charge is 0.188 e. The Kier molecular flexibility index (Phi) is 4.73. The molecule has 1 aromatic carbocycles. The summed E-state index contributed by atoms with van der Waals surface area (Å²) < 4.78 is 4.31. The minimum absolute atomic E-state index is 0.0631. The van der Waals surface area contributed by atoms with Crippen molar-refractivity contribution < 1.29 is 0 Å². The van der Waals surface area contributed by atoms with Crippen molar-refractivity contribution in [2.24, 2.45) is 5.73 Å². The fourth-order valence-corrected chi connectivity index (χ4v) is 6.08. The fourth-order valence-electron chi connectivity index (χ4n) is 6.08. The summed E-state index contributed by atoms with van der Waals surface area (Å²) in [7, 11) is 0. The van der Waals surface area contributed by atoms with Crippen molar-refractivity contribution in [1.82, 2.24) is 29.1 Å². The number of allylic oxidation sites excluding steroid dienone is 3. The molecule has 38 heavy (non-hydrogen) atoms. The second-order valence-corrected chi connectivity index (χ2v) is 10.9. The van der Waals surface area contributed by atoms with Gasteiger partial charge in [0.2, 0.25) is 0 Å². The standard InChI is InChI=1S/C31H29N7/c32-31(14-15-31)22-11-9-21(10-12-22)28-23(20-6-2-1-3-7-20)18-24-25(34-28)13-17-38-29(24)35-36-30(38)26-19-37-16-5-4-8-27(37)33-26/h1-3,6-7,9,11,13,17-19H,4-5,8,10,12,14-16,32H2. The highest BCUT2D eigenvalue weighted by Crippen LogP contribution is 2.45. The number of nitrogens with zero attached hydrogens (tertiary/aromatic N) is 6. The topological polar surface area (TPSA) is 86.9 Å². The van der Waals surface area contributed by atoms with Crippen LogP contribution >= 0.6 is 0 Å². The van der Waals surface area contributed by atoms with Gasteiger partial charge in [0.1, 0.15) is 11.5 Å². The quantitative estimate of drug-likeness (QED) is 0.341. The van der Waals surface area contributed by atoms with Crippen LogP contribution in [0.1, 0.15) is 50.0 Å². The van der Waals surface area contributed by atoms with Gasteiger partial charge in [0, 0.05) is 41.8 Å². The molecule has 0 bridgehead atoms. The van der Waals surface area contributed by atoms with Gasteiger partial charge in [-0.2, -0.15) is 0 Å². The molecule has 2 N–H and O–H groups in total. The minimum Gasteiger partial charge on any atom is -0.334 e. The molecule has 0 unspecified atom stereocenters. The summed E-state index contributed by atoms with van der Waals surface area (Å²) >= 11 is 0. The molecule has 3 aliphatic rings. The van der Waals surface area contributed by atoms with E-state index in [0.717, 1.165) is 89.4 Å². The Labute approximate surface area is 220 Å². The number of aryl methyl sites for hydroxylation is 2. The molecule has 7 nitrogen and oxygen atoms in total. The van der Waals surface area contributed by atoms with E-state index >= 15 is 0 Å². The first-order chi connectivity index (χ1) is 18.7. The van der Waals surface area contributed by atoms with E-state index in [1.807, 2.05) is 6.20 Å². The Hall–Kier alpha value is -4.10. The maximum Gasteiger partial charge on any atom is 0.188 e. The van der Waals surface area contributed by atoms with Gasteiger partial charge in [0.25, 0.3) is 0 Å². The van der Waals surface area contributed by atoms with Gasteiger partial charge in [-0.15, -0.1) is 10.2 Å². The van der Waals surface area contributed by atoms with E-state index in [1.54, 1.807) is 0 Å². The molecule has 188 valence electrons. The van der Waals surface area contributed by atoms with Crippen LogP contribution in [0.5, 0.6) is 0 Å². The molecule has 0 amide bonds. The predicted octanol–water partition coefficient (Wildman–Crippen LogP) is 5.74. The molecule has 0 saturated heterocycles. The predicted molar refractivity (Wildman–Crippen MR) is 149 cm³/mol. The van der Waals surface area contributed by atoms with E-state index < -0.39 is 0 Å². The van der Waals surface area contributed by atoms with Crippen LogP contribution in [-0.4, -0.2) is 34.7 Å². The van der Waals surface area contributed by atoms with E-state index in [4.69, 9.17) is 15.7 Å². The van der Waals surface area contributed by atoms with Crippen molar-refractivity contribution in [1.29, 1.82) is 0 Å². The zero-order valence-corrected chi connectivity index (χ0v) is 21.3. The van der Waals surface area contributed by atoms with Crippen LogP contribution < -0.4 is 5.73 Å². The Morgan fingerprint density at radius 1 is 0.895 bits per heavy atom. The first-order valence-corrected chi connectivity index (χ1v) is 13.7. The van der Waals surface area contributed by atoms with Crippen molar-refractivity contribution in [2.45, 2.75) is 57.0 Å². The average Bonchev–Trinajstić information content (AvgIpc) is 3.37. The van der Waals surface area contributed by atoms with Crippen LogP contribution in [0, 0.1) is 0 Å². The first-order valence-electron chi connectivity index (χ1n) is 13.7. The second-order valence-electron chi connectivity index (χ2n) is 10.9. The van der Waals surface area contributed by atoms with Crippen LogP contribution in [0.3, 0.4) is 0 Å². The highest BCUT2D eigenvalue weighted by atomic mass is 15.3. The maximum atomic E-state index is 6.49. The lowest BCUT2D eigenvalue weighted by atomic mass is 9.88. The Morgan fingerprint density at radius 2 is 1.79 bits per heavy atom. The van der Waals surface area contributed by atoms with Crippen LogP contribution in [0.15, 0.2) is 72.6 Å². The monoisotopic (exact) mass is 499 g/mol. The normalized spacial score (nSPS) is 18.3. The minimum atomic E-state index is -0.0631.